The Morgan fingerprint density at radius 2 is 1.47 bits per heavy atom. The molecule has 1 heterocycles. The van der Waals surface area contributed by atoms with Crippen LogP contribution in [0, 0.1) is 18.3 Å². The van der Waals surface area contributed by atoms with Crippen molar-refractivity contribution in [2.75, 3.05) is 0 Å². The van der Waals surface area contributed by atoms with Gasteiger partial charge in [0, 0.05) is 22.1 Å². The van der Waals surface area contributed by atoms with Gasteiger partial charge >= 0.3 is 5.91 Å². The van der Waals surface area contributed by atoms with Gasteiger partial charge in [-0.25, -0.2) is 0 Å². The van der Waals surface area contributed by atoms with Gasteiger partial charge in [-0.3, -0.25) is 20.4 Å². The molecule has 0 saturated heterocycles. The number of nitrogens with zero attached hydrogens (tertiary/aromatic N) is 1. The maximum absolute atomic E-state index is 12.8. The number of carbonyl (C=O) groups is 2. The van der Waals surface area contributed by atoms with E-state index in [0.29, 0.717) is 33.4 Å². The molecule has 0 spiro atoms. The average Bonchev–Trinajstić information content (AvgIpc) is 3.14. The van der Waals surface area contributed by atoms with Crippen LogP contribution in [-0.4, -0.2) is 11.8 Å². The van der Waals surface area contributed by atoms with Crippen LogP contribution in [0.25, 0.3) is 22.1 Å². The molecule has 0 aliphatic carbocycles. The lowest BCUT2D eigenvalue weighted by molar-refractivity contribution is 0.0832. The van der Waals surface area contributed by atoms with Gasteiger partial charge in [0.05, 0.1) is 11.6 Å². The molecule has 146 valence electrons. The number of para-hydroxylation sites is 1. The lowest BCUT2D eigenvalue weighted by Crippen LogP contribution is -2.41. The third kappa shape index (κ3) is 3.40. The van der Waals surface area contributed by atoms with Crippen molar-refractivity contribution in [3.63, 3.8) is 0 Å². The van der Waals surface area contributed by atoms with E-state index in [2.05, 4.69) is 16.9 Å². The SMILES string of the molecule is Cc1c(C(=O)NNC(=O)c2ccccc2-c2ccccc2C#N)oc2ccccc12. The van der Waals surface area contributed by atoms with Crippen LogP contribution in [0.5, 0.6) is 0 Å². The van der Waals surface area contributed by atoms with Crippen molar-refractivity contribution < 1.29 is 14.0 Å². The third-order valence-electron chi connectivity index (χ3n) is 4.85. The van der Waals surface area contributed by atoms with Crippen molar-refractivity contribution in [3.8, 4) is 17.2 Å². The number of hydrogen-bond acceptors (Lipinski definition) is 4. The normalized spacial score (nSPS) is 10.4. The lowest BCUT2D eigenvalue weighted by Gasteiger charge is -2.12. The molecule has 2 amide bonds. The van der Waals surface area contributed by atoms with Crippen molar-refractivity contribution in [3.05, 3.63) is 95.2 Å². The Kier molecular flexibility index (Phi) is 5.02. The van der Waals surface area contributed by atoms with E-state index < -0.39 is 11.8 Å². The second-order valence-corrected chi connectivity index (χ2v) is 6.66. The molecule has 0 bridgehead atoms. The highest BCUT2D eigenvalue weighted by atomic mass is 16.3. The van der Waals surface area contributed by atoms with Gasteiger partial charge in [-0.05, 0) is 30.7 Å². The molecule has 0 atom stereocenters. The highest BCUT2D eigenvalue weighted by molar-refractivity contribution is 6.04. The zero-order valence-corrected chi connectivity index (χ0v) is 16.1. The molecule has 0 fully saturated rings. The van der Waals surface area contributed by atoms with Crippen molar-refractivity contribution in [1.82, 2.24) is 10.9 Å². The Morgan fingerprint density at radius 1 is 0.833 bits per heavy atom. The molecule has 4 aromatic rings. The molecule has 0 aliphatic rings. The maximum Gasteiger partial charge on any atom is 0.305 e. The van der Waals surface area contributed by atoms with Crippen LogP contribution >= 0.6 is 0 Å². The zero-order chi connectivity index (χ0) is 21.1. The Labute approximate surface area is 172 Å². The van der Waals surface area contributed by atoms with Crippen LogP contribution in [0.15, 0.2) is 77.2 Å². The number of aryl methyl sites for hydroxylation is 1. The van der Waals surface area contributed by atoms with E-state index in [4.69, 9.17) is 4.42 Å². The second-order valence-electron chi connectivity index (χ2n) is 6.66. The quantitative estimate of drug-likeness (QED) is 0.504. The minimum atomic E-state index is -0.549. The fraction of sp³-hybridized carbons (Fsp3) is 0.0417. The van der Waals surface area contributed by atoms with Gasteiger partial charge in [-0.15, -0.1) is 0 Å². The summed E-state index contributed by atoms with van der Waals surface area (Å²) in [6, 6.07) is 23.4. The van der Waals surface area contributed by atoms with Crippen LogP contribution in [-0.2, 0) is 0 Å². The minimum absolute atomic E-state index is 0.139. The number of carbonyl (C=O) groups excluding carboxylic acids is 2. The topological polar surface area (TPSA) is 95.1 Å². The predicted octanol–water partition coefficient (Wildman–Crippen LogP) is 4.35. The number of amides is 2. The molecule has 30 heavy (non-hydrogen) atoms. The summed E-state index contributed by atoms with van der Waals surface area (Å²) in [5.74, 6) is -0.910. The number of nitrogens with one attached hydrogen (secondary N) is 2. The van der Waals surface area contributed by atoms with Gasteiger partial charge in [0.2, 0.25) is 0 Å². The first-order valence-corrected chi connectivity index (χ1v) is 9.27. The highest BCUT2D eigenvalue weighted by Crippen LogP contribution is 2.27. The molecular formula is C24H17N3O3. The predicted molar refractivity (Wildman–Crippen MR) is 112 cm³/mol. The number of hydrazine groups is 1. The van der Waals surface area contributed by atoms with Gasteiger partial charge in [-0.2, -0.15) is 5.26 Å². The van der Waals surface area contributed by atoms with Crippen molar-refractivity contribution in [2.24, 2.45) is 0 Å². The van der Waals surface area contributed by atoms with Gasteiger partial charge in [0.1, 0.15) is 5.58 Å². The van der Waals surface area contributed by atoms with E-state index in [0.717, 1.165) is 5.39 Å². The summed E-state index contributed by atoms with van der Waals surface area (Å²) < 4.78 is 5.62. The van der Waals surface area contributed by atoms with Crippen LogP contribution in [0.4, 0.5) is 0 Å². The lowest BCUT2D eigenvalue weighted by atomic mass is 9.95. The third-order valence-corrected chi connectivity index (χ3v) is 4.85. The Morgan fingerprint density at radius 3 is 2.23 bits per heavy atom. The van der Waals surface area contributed by atoms with Gasteiger partial charge in [0.25, 0.3) is 5.91 Å². The number of rotatable bonds is 3. The van der Waals surface area contributed by atoms with Crippen molar-refractivity contribution in [2.45, 2.75) is 6.92 Å². The summed E-state index contributed by atoms with van der Waals surface area (Å²) in [5.41, 5.74) is 8.18. The zero-order valence-electron chi connectivity index (χ0n) is 16.1. The number of hydrogen-bond donors (Lipinski definition) is 2. The summed E-state index contributed by atoms with van der Waals surface area (Å²) >= 11 is 0. The molecule has 0 unspecified atom stereocenters. The molecule has 0 radical (unpaired) electrons. The maximum atomic E-state index is 12.8. The molecule has 2 N–H and O–H groups in total. The molecule has 0 aliphatic heterocycles. The van der Waals surface area contributed by atoms with Gasteiger partial charge in [0.15, 0.2) is 5.76 Å². The molecule has 4 rings (SSSR count). The largest absolute Gasteiger partial charge is 0.451 e. The summed E-state index contributed by atoms with van der Waals surface area (Å²) in [7, 11) is 0. The highest BCUT2D eigenvalue weighted by Gasteiger charge is 2.19. The number of nitriles is 1. The molecule has 6 heteroatoms. The minimum Gasteiger partial charge on any atom is -0.451 e. The Bertz CT molecular complexity index is 1310. The van der Waals surface area contributed by atoms with Crippen LogP contribution in [0.3, 0.4) is 0 Å². The fourth-order valence-electron chi connectivity index (χ4n) is 3.36. The molecule has 1 aromatic heterocycles. The standard InChI is InChI=1S/C24H17N3O3/c1-15-17-9-6-7-13-21(17)30-22(15)24(29)27-26-23(28)20-12-5-4-11-19(20)18-10-3-2-8-16(18)14-25/h2-13H,1H3,(H,26,28)(H,27,29). The molecular weight excluding hydrogens is 378 g/mol. The summed E-state index contributed by atoms with van der Waals surface area (Å²) in [6.07, 6.45) is 0. The summed E-state index contributed by atoms with van der Waals surface area (Å²) in [4.78, 5) is 25.4. The van der Waals surface area contributed by atoms with E-state index in [-0.39, 0.29) is 5.76 Å². The van der Waals surface area contributed by atoms with Gasteiger partial charge < -0.3 is 4.42 Å². The summed E-state index contributed by atoms with van der Waals surface area (Å²) in [5, 5.41) is 10.2. The first-order chi connectivity index (χ1) is 14.6. The van der Waals surface area contributed by atoms with E-state index in [9.17, 15) is 14.9 Å². The van der Waals surface area contributed by atoms with E-state index >= 15 is 0 Å². The number of fused-ring (bicyclic) bond motifs is 1. The molecule has 3 aromatic carbocycles. The Hall–Kier alpha value is -4.37. The fourth-order valence-corrected chi connectivity index (χ4v) is 3.36. The first kappa shape index (κ1) is 19.0. The van der Waals surface area contributed by atoms with Crippen molar-refractivity contribution in [1.29, 1.82) is 5.26 Å². The second kappa shape index (κ2) is 7.94. The number of furan rings is 1. The van der Waals surface area contributed by atoms with E-state index in [1.165, 1.54) is 0 Å². The monoisotopic (exact) mass is 395 g/mol. The summed E-state index contributed by atoms with van der Waals surface area (Å²) in [6.45, 7) is 1.79. The van der Waals surface area contributed by atoms with E-state index in [1.807, 2.05) is 18.2 Å². The first-order valence-electron chi connectivity index (χ1n) is 9.27. The number of benzene rings is 3. The van der Waals surface area contributed by atoms with Crippen LogP contribution in [0.1, 0.15) is 32.0 Å². The van der Waals surface area contributed by atoms with E-state index in [1.54, 1.807) is 61.5 Å². The molecule has 6 nitrogen and oxygen atoms in total. The van der Waals surface area contributed by atoms with Gasteiger partial charge in [-0.1, -0.05) is 54.6 Å². The molecule has 0 saturated carbocycles. The van der Waals surface area contributed by atoms with Crippen LogP contribution < -0.4 is 10.9 Å². The average molecular weight is 395 g/mol. The van der Waals surface area contributed by atoms with Crippen molar-refractivity contribution >= 4 is 22.8 Å². The van der Waals surface area contributed by atoms with Crippen LogP contribution in [0.2, 0.25) is 0 Å². The Balaban J connectivity index is 1.57. The smallest absolute Gasteiger partial charge is 0.305 e.